The van der Waals surface area contributed by atoms with Gasteiger partial charge in [-0.2, -0.15) is 0 Å². The molecule has 0 aliphatic carbocycles. The summed E-state index contributed by atoms with van der Waals surface area (Å²) >= 11 is 0. The highest BCUT2D eigenvalue weighted by Gasteiger charge is 2.14. The number of unbranched alkanes of at least 4 members (excludes halogenated alkanes) is 1. The summed E-state index contributed by atoms with van der Waals surface area (Å²) < 4.78 is 0. The molecule has 0 spiro atoms. The van der Waals surface area contributed by atoms with E-state index >= 15 is 0 Å². The summed E-state index contributed by atoms with van der Waals surface area (Å²) in [5, 5.41) is 2.49. The molecule has 0 unspecified atom stereocenters. The summed E-state index contributed by atoms with van der Waals surface area (Å²) in [6.07, 6.45) is 2.98. The molecule has 0 radical (unpaired) electrons. The first-order valence-electron chi connectivity index (χ1n) is 4.83. The molecule has 0 aromatic carbocycles. The summed E-state index contributed by atoms with van der Waals surface area (Å²) in [7, 11) is 0. The Morgan fingerprint density at radius 2 is 2.14 bits per heavy atom. The van der Waals surface area contributed by atoms with Crippen LogP contribution in [0, 0.1) is 0 Å². The van der Waals surface area contributed by atoms with E-state index in [1.807, 2.05) is 0 Å². The van der Waals surface area contributed by atoms with Crippen LogP contribution >= 0.6 is 0 Å². The second kappa shape index (κ2) is 7.46. The van der Waals surface area contributed by atoms with Crippen LogP contribution in [0.4, 0.5) is 0 Å². The van der Waals surface area contributed by atoms with Gasteiger partial charge in [0.15, 0.2) is 0 Å². The third-order valence-electron chi connectivity index (χ3n) is 1.88. The second-order valence-electron chi connectivity index (χ2n) is 3.32. The van der Waals surface area contributed by atoms with Crippen molar-refractivity contribution >= 4 is 12.2 Å². The van der Waals surface area contributed by atoms with Crippen molar-refractivity contribution in [3.63, 3.8) is 0 Å². The van der Waals surface area contributed by atoms with Crippen LogP contribution in [0.5, 0.6) is 0 Å². The Labute approximate surface area is 84.2 Å². The minimum Gasteiger partial charge on any atom is -0.346 e. The number of nitrogens with two attached hydrogens (primary N) is 2. The SMILES string of the molecule is C[C@@H](C=O)NC(=O)[C@@H](N)CCCCN. The molecule has 0 heterocycles. The summed E-state index contributed by atoms with van der Waals surface area (Å²) in [6, 6.07) is -1.01. The molecular formula is C9H19N3O2. The first kappa shape index (κ1) is 13.1. The van der Waals surface area contributed by atoms with Gasteiger partial charge in [0.2, 0.25) is 5.91 Å². The molecule has 0 saturated carbocycles. The molecule has 0 rings (SSSR count). The Balaban J connectivity index is 3.70. The van der Waals surface area contributed by atoms with Crippen LogP contribution in [0.3, 0.4) is 0 Å². The predicted molar refractivity (Wildman–Crippen MR) is 54.5 cm³/mol. The normalized spacial score (nSPS) is 14.5. The molecule has 5 heteroatoms. The van der Waals surface area contributed by atoms with Gasteiger partial charge < -0.3 is 21.6 Å². The summed E-state index contributed by atoms with van der Waals surface area (Å²) in [4.78, 5) is 21.5. The van der Waals surface area contributed by atoms with Crippen LogP contribution in [0.2, 0.25) is 0 Å². The molecule has 0 aromatic rings. The van der Waals surface area contributed by atoms with Crippen LogP contribution in [0.25, 0.3) is 0 Å². The molecule has 14 heavy (non-hydrogen) atoms. The predicted octanol–water partition coefficient (Wildman–Crippen LogP) is -0.854. The summed E-state index contributed by atoms with van der Waals surface area (Å²) in [6.45, 7) is 2.22. The molecule has 1 amide bonds. The van der Waals surface area contributed by atoms with E-state index in [0.29, 0.717) is 19.3 Å². The van der Waals surface area contributed by atoms with Gasteiger partial charge in [-0.1, -0.05) is 6.42 Å². The van der Waals surface area contributed by atoms with Gasteiger partial charge in [-0.05, 0) is 26.3 Å². The minimum absolute atomic E-state index is 0.276. The number of carbonyl (C=O) groups is 2. The number of aldehydes is 1. The minimum atomic E-state index is -0.538. The van der Waals surface area contributed by atoms with Crippen molar-refractivity contribution in [1.29, 1.82) is 0 Å². The number of hydrogen-bond donors (Lipinski definition) is 3. The van der Waals surface area contributed by atoms with Crippen LogP contribution in [0.15, 0.2) is 0 Å². The lowest BCUT2D eigenvalue weighted by Gasteiger charge is -2.13. The van der Waals surface area contributed by atoms with Crippen molar-refractivity contribution < 1.29 is 9.59 Å². The van der Waals surface area contributed by atoms with E-state index < -0.39 is 12.1 Å². The van der Waals surface area contributed by atoms with Crippen LogP contribution in [-0.2, 0) is 9.59 Å². The van der Waals surface area contributed by atoms with Crippen molar-refractivity contribution in [2.24, 2.45) is 11.5 Å². The third-order valence-corrected chi connectivity index (χ3v) is 1.88. The van der Waals surface area contributed by atoms with E-state index in [1.54, 1.807) is 6.92 Å². The highest BCUT2D eigenvalue weighted by molar-refractivity contribution is 5.83. The molecule has 5 N–H and O–H groups in total. The monoisotopic (exact) mass is 201 g/mol. The molecule has 5 nitrogen and oxygen atoms in total. The van der Waals surface area contributed by atoms with Crippen LogP contribution in [0.1, 0.15) is 26.2 Å². The summed E-state index contributed by atoms with van der Waals surface area (Å²) in [5.74, 6) is -0.276. The average molecular weight is 201 g/mol. The summed E-state index contributed by atoms with van der Waals surface area (Å²) in [5.41, 5.74) is 10.9. The van der Waals surface area contributed by atoms with Gasteiger partial charge in [-0.25, -0.2) is 0 Å². The molecule has 0 aliphatic rings. The van der Waals surface area contributed by atoms with Crippen molar-refractivity contribution in [3.8, 4) is 0 Å². The fraction of sp³-hybridized carbons (Fsp3) is 0.778. The van der Waals surface area contributed by atoms with Gasteiger partial charge in [-0.15, -0.1) is 0 Å². The fourth-order valence-corrected chi connectivity index (χ4v) is 1.01. The maximum atomic E-state index is 11.3. The van der Waals surface area contributed by atoms with Gasteiger partial charge in [0.25, 0.3) is 0 Å². The van der Waals surface area contributed by atoms with E-state index in [-0.39, 0.29) is 5.91 Å². The van der Waals surface area contributed by atoms with Crippen molar-refractivity contribution in [2.75, 3.05) is 6.54 Å². The lowest BCUT2D eigenvalue weighted by molar-refractivity contribution is -0.125. The zero-order valence-electron chi connectivity index (χ0n) is 8.53. The highest BCUT2D eigenvalue weighted by atomic mass is 16.2. The van der Waals surface area contributed by atoms with Crippen molar-refractivity contribution in [2.45, 2.75) is 38.3 Å². The fourth-order valence-electron chi connectivity index (χ4n) is 1.01. The van der Waals surface area contributed by atoms with Crippen molar-refractivity contribution in [1.82, 2.24) is 5.32 Å². The van der Waals surface area contributed by atoms with Gasteiger partial charge in [-0.3, -0.25) is 4.79 Å². The molecule has 0 saturated heterocycles. The topological polar surface area (TPSA) is 98.2 Å². The zero-order valence-corrected chi connectivity index (χ0v) is 8.53. The first-order chi connectivity index (χ1) is 6.61. The second-order valence-corrected chi connectivity index (χ2v) is 3.32. The molecule has 0 aromatic heterocycles. The Morgan fingerprint density at radius 1 is 1.50 bits per heavy atom. The standard InChI is InChI=1S/C9H19N3O2/c1-7(6-13)12-9(14)8(11)4-2-3-5-10/h6-8H,2-5,10-11H2,1H3,(H,12,14)/t7-,8-/m0/s1. The molecular weight excluding hydrogens is 182 g/mol. The van der Waals surface area contributed by atoms with E-state index in [2.05, 4.69) is 5.32 Å². The van der Waals surface area contributed by atoms with E-state index in [4.69, 9.17) is 11.5 Å². The van der Waals surface area contributed by atoms with E-state index in [9.17, 15) is 9.59 Å². The lowest BCUT2D eigenvalue weighted by atomic mass is 10.1. The van der Waals surface area contributed by atoms with E-state index in [0.717, 1.165) is 12.8 Å². The Morgan fingerprint density at radius 3 is 2.64 bits per heavy atom. The van der Waals surface area contributed by atoms with E-state index in [1.165, 1.54) is 0 Å². The van der Waals surface area contributed by atoms with Crippen LogP contribution < -0.4 is 16.8 Å². The Bertz CT molecular complexity index is 185. The molecule has 82 valence electrons. The van der Waals surface area contributed by atoms with Gasteiger partial charge in [0, 0.05) is 0 Å². The molecule has 0 bridgehead atoms. The number of hydrogen-bond acceptors (Lipinski definition) is 4. The lowest BCUT2D eigenvalue weighted by Crippen LogP contribution is -2.44. The molecule has 2 atom stereocenters. The number of amides is 1. The number of rotatable bonds is 7. The molecule has 0 aliphatic heterocycles. The molecule has 0 fully saturated rings. The van der Waals surface area contributed by atoms with Gasteiger partial charge in [0.1, 0.15) is 6.29 Å². The largest absolute Gasteiger partial charge is 0.346 e. The van der Waals surface area contributed by atoms with Crippen molar-refractivity contribution in [3.05, 3.63) is 0 Å². The van der Waals surface area contributed by atoms with Gasteiger partial charge in [0.05, 0.1) is 12.1 Å². The van der Waals surface area contributed by atoms with Gasteiger partial charge >= 0.3 is 0 Å². The maximum Gasteiger partial charge on any atom is 0.237 e. The number of nitrogens with one attached hydrogen (secondary N) is 1. The zero-order chi connectivity index (χ0) is 11.0. The number of carbonyl (C=O) groups excluding carboxylic acids is 2. The Kier molecular flexibility index (Phi) is 6.96. The third kappa shape index (κ3) is 5.66. The maximum absolute atomic E-state index is 11.3. The smallest absolute Gasteiger partial charge is 0.237 e. The van der Waals surface area contributed by atoms with Crippen LogP contribution in [-0.4, -0.2) is 30.8 Å². The highest BCUT2D eigenvalue weighted by Crippen LogP contribution is 1.98. The average Bonchev–Trinajstić information content (AvgIpc) is 2.17. The first-order valence-corrected chi connectivity index (χ1v) is 4.83. The quantitative estimate of drug-likeness (QED) is 0.369. The Hall–Kier alpha value is -0.940.